The number of urea groups is 1. The fourth-order valence-electron chi connectivity index (χ4n) is 4.19. The third-order valence-corrected chi connectivity index (χ3v) is 5.73. The maximum absolute atomic E-state index is 12.4. The maximum atomic E-state index is 12.4. The SMILES string of the molecule is COc1ccc(NC(=O)N[C@@H]2C=C[C@@H](c3c(C)nn(Cc4ccccc4)c3C)C2)cc1. The molecule has 2 amide bonds. The average Bonchev–Trinajstić information content (AvgIpc) is 3.32. The largest absolute Gasteiger partial charge is 0.497 e. The Labute approximate surface area is 182 Å². The van der Waals surface area contributed by atoms with E-state index in [1.54, 1.807) is 7.11 Å². The number of rotatable bonds is 6. The van der Waals surface area contributed by atoms with Gasteiger partial charge in [0, 0.05) is 28.9 Å². The zero-order chi connectivity index (χ0) is 21.8. The molecular formula is C25H28N4O2. The second-order valence-electron chi connectivity index (χ2n) is 7.89. The minimum Gasteiger partial charge on any atom is -0.497 e. The van der Waals surface area contributed by atoms with Crippen LogP contribution in [0.25, 0.3) is 0 Å². The standard InChI is InChI=1S/C25H28N4O2/c1-17-24(18(2)29(28-17)16-19-7-5-4-6-8-19)20-9-10-22(15-20)27-25(30)26-21-11-13-23(31-3)14-12-21/h4-14,20,22H,15-16H2,1-3H3,(H2,26,27,30)/t20-,22-/m1/s1. The van der Waals surface area contributed by atoms with Crippen LogP contribution in [0.15, 0.2) is 66.7 Å². The molecule has 1 aliphatic rings. The second-order valence-corrected chi connectivity index (χ2v) is 7.89. The van der Waals surface area contributed by atoms with Crippen molar-refractivity contribution in [2.45, 2.75) is 38.8 Å². The molecule has 160 valence electrons. The van der Waals surface area contributed by atoms with E-state index in [0.717, 1.165) is 30.1 Å². The number of aromatic nitrogens is 2. The maximum Gasteiger partial charge on any atom is 0.319 e. The van der Waals surface area contributed by atoms with Crippen LogP contribution >= 0.6 is 0 Å². The first-order chi connectivity index (χ1) is 15.0. The van der Waals surface area contributed by atoms with Crippen LogP contribution in [0.3, 0.4) is 0 Å². The van der Waals surface area contributed by atoms with Gasteiger partial charge in [-0.15, -0.1) is 0 Å². The van der Waals surface area contributed by atoms with Gasteiger partial charge in [-0.25, -0.2) is 4.79 Å². The molecule has 31 heavy (non-hydrogen) atoms. The molecule has 0 fully saturated rings. The summed E-state index contributed by atoms with van der Waals surface area (Å²) >= 11 is 0. The third-order valence-electron chi connectivity index (χ3n) is 5.73. The first kappa shape index (κ1) is 20.7. The number of methoxy groups -OCH3 is 1. The lowest BCUT2D eigenvalue weighted by atomic mass is 9.96. The first-order valence-corrected chi connectivity index (χ1v) is 10.5. The highest BCUT2D eigenvalue weighted by atomic mass is 16.5. The number of hydrogen-bond acceptors (Lipinski definition) is 3. The number of hydrogen-bond donors (Lipinski definition) is 2. The van der Waals surface area contributed by atoms with Crippen molar-refractivity contribution in [3.63, 3.8) is 0 Å². The number of carbonyl (C=O) groups excluding carboxylic acids is 1. The van der Waals surface area contributed by atoms with E-state index >= 15 is 0 Å². The van der Waals surface area contributed by atoms with E-state index in [-0.39, 0.29) is 18.0 Å². The number of allylic oxidation sites excluding steroid dienone is 1. The highest BCUT2D eigenvalue weighted by Crippen LogP contribution is 2.33. The Morgan fingerprint density at radius 3 is 2.55 bits per heavy atom. The summed E-state index contributed by atoms with van der Waals surface area (Å²) in [5.41, 5.74) is 5.44. The molecular weight excluding hydrogens is 388 g/mol. The fraction of sp³-hybridized carbons (Fsp3) is 0.280. The van der Waals surface area contributed by atoms with Gasteiger partial charge in [-0.3, -0.25) is 4.68 Å². The lowest BCUT2D eigenvalue weighted by molar-refractivity contribution is 0.250. The molecule has 2 aromatic carbocycles. The monoisotopic (exact) mass is 416 g/mol. The van der Waals surface area contributed by atoms with Gasteiger partial charge in [0.1, 0.15) is 5.75 Å². The molecule has 0 spiro atoms. The van der Waals surface area contributed by atoms with Gasteiger partial charge in [0.05, 0.1) is 19.3 Å². The Morgan fingerprint density at radius 1 is 1.10 bits per heavy atom. The van der Waals surface area contributed by atoms with Gasteiger partial charge in [-0.05, 0) is 50.1 Å². The quantitative estimate of drug-likeness (QED) is 0.568. The van der Waals surface area contributed by atoms with Crippen molar-refractivity contribution < 1.29 is 9.53 Å². The predicted octanol–water partition coefficient (Wildman–Crippen LogP) is 4.79. The number of nitrogens with zero attached hydrogens (tertiary/aromatic N) is 2. The summed E-state index contributed by atoms with van der Waals surface area (Å²) < 4.78 is 7.22. The lowest BCUT2D eigenvalue weighted by Crippen LogP contribution is -2.36. The normalized spacial score (nSPS) is 17.5. The van der Waals surface area contributed by atoms with Gasteiger partial charge in [0.2, 0.25) is 0 Å². The second kappa shape index (κ2) is 9.08. The summed E-state index contributed by atoms with van der Waals surface area (Å²) in [5.74, 6) is 1.00. The highest BCUT2D eigenvalue weighted by molar-refractivity contribution is 5.89. The topological polar surface area (TPSA) is 68.2 Å². The van der Waals surface area contributed by atoms with E-state index in [2.05, 4.69) is 65.6 Å². The molecule has 0 unspecified atom stereocenters. The number of benzene rings is 2. The van der Waals surface area contributed by atoms with Gasteiger partial charge in [-0.1, -0.05) is 42.5 Å². The van der Waals surface area contributed by atoms with Crippen LogP contribution in [-0.4, -0.2) is 29.0 Å². The minimum atomic E-state index is -0.214. The Bertz CT molecular complexity index is 1070. The smallest absolute Gasteiger partial charge is 0.319 e. The highest BCUT2D eigenvalue weighted by Gasteiger charge is 2.26. The molecule has 0 saturated carbocycles. The summed E-state index contributed by atoms with van der Waals surface area (Å²) in [6, 6.07) is 17.4. The molecule has 1 aromatic heterocycles. The van der Waals surface area contributed by atoms with E-state index in [9.17, 15) is 4.79 Å². The van der Waals surface area contributed by atoms with Crippen LogP contribution in [0, 0.1) is 13.8 Å². The van der Waals surface area contributed by atoms with Gasteiger partial charge in [-0.2, -0.15) is 5.10 Å². The molecule has 0 bridgehead atoms. The number of aryl methyl sites for hydroxylation is 1. The summed E-state index contributed by atoms with van der Waals surface area (Å²) in [7, 11) is 1.62. The van der Waals surface area contributed by atoms with Crippen LogP contribution in [0.5, 0.6) is 5.75 Å². The van der Waals surface area contributed by atoms with Crippen LogP contribution < -0.4 is 15.4 Å². The number of nitrogens with one attached hydrogen (secondary N) is 2. The Hall–Kier alpha value is -3.54. The number of carbonyl (C=O) groups is 1. The van der Waals surface area contributed by atoms with Crippen LogP contribution in [-0.2, 0) is 6.54 Å². The van der Waals surface area contributed by atoms with Crippen molar-refractivity contribution in [2.24, 2.45) is 0 Å². The molecule has 6 heteroatoms. The van der Waals surface area contributed by atoms with Crippen molar-refractivity contribution in [1.82, 2.24) is 15.1 Å². The van der Waals surface area contributed by atoms with Crippen molar-refractivity contribution in [2.75, 3.05) is 12.4 Å². The summed E-state index contributed by atoms with van der Waals surface area (Å²) in [5, 5.41) is 10.7. The molecule has 0 aliphatic heterocycles. The number of ether oxygens (including phenoxy) is 1. The predicted molar refractivity (Wildman–Crippen MR) is 123 cm³/mol. The molecule has 3 aromatic rings. The van der Waals surface area contributed by atoms with E-state index in [1.165, 1.54) is 16.8 Å². The van der Waals surface area contributed by atoms with Gasteiger partial charge < -0.3 is 15.4 Å². The van der Waals surface area contributed by atoms with Crippen molar-refractivity contribution in [1.29, 1.82) is 0 Å². The van der Waals surface area contributed by atoms with Crippen LogP contribution in [0.1, 0.15) is 34.9 Å². The summed E-state index contributed by atoms with van der Waals surface area (Å²) in [6.07, 6.45) is 5.09. The zero-order valence-corrected chi connectivity index (χ0v) is 18.1. The summed E-state index contributed by atoms with van der Waals surface area (Å²) in [6.45, 7) is 4.95. The molecule has 6 nitrogen and oxygen atoms in total. The first-order valence-electron chi connectivity index (χ1n) is 10.5. The van der Waals surface area contributed by atoms with Crippen LogP contribution in [0.2, 0.25) is 0 Å². The van der Waals surface area contributed by atoms with Gasteiger partial charge >= 0.3 is 6.03 Å². The van der Waals surface area contributed by atoms with E-state index < -0.39 is 0 Å². The van der Waals surface area contributed by atoms with Crippen molar-refractivity contribution in [3.05, 3.63) is 89.3 Å². The molecule has 4 rings (SSSR count). The molecule has 2 N–H and O–H groups in total. The number of amides is 2. The molecule has 2 atom stereocenters. The van der Waals surface area contributed by atoms with E-state index in [0.29, 0.717) is 0 Å². The molecule has 0 radical (unpaired) electrons. The van der Waals surface area contributed by atoms with Crippen LogP contribution in [0.4, 0.5) is 10.5 Å². The third kappa shape index (κ3) is 4.79. The lowest BCUT2D eigenvalue weighted by Gasteiger charge is -2.15. The van der Waals surface area contributed by atoms with Gasteiger partial charge in [0.25, 0.3) is 0 Å². The zero-order valence-electron chi connectivity index (χ0n) is 18.1. The number of anilines is 1. The minimum absolute atomic E-state index is 0.0143. The van der Waals surface area contributed by atoms with Crippen molar-refractivity contribution in [3.8, 4) is 5.75 Å². The van der Waals surface area contributed by atoms with Gasteiger partial charge in [0.15, 0.2) is 0 Å². The average molecular weight is 417 g/mol. The van der Waals surface area contributed by atoms with E-state index in [4.69, 9.17) is 9.84 Å². The fourth-order valence-corrected chi connectivity index (χ4v) is 4.19. The Balaban J connectivity index is 1.37. The Morgan fingerprint density at radius 2 is 1.84 bits per heavy atom. The van der Waals surface area contributed by atoms with E-state index in [1.807, 2.05) is 30.3 Å². The molecule has 0 saturated heterocycles. The van der Waals surface area contributed by atoms with Crippen molar-refractivity contribution >= 4 is 11.7 Å². The Kier molecular flexibility index (Phi) is 6.07. The molecule has 1 aliphatic carbocycles. The summed E-state index contributed by atoms with van der Waals surface area (Å²) in [4.78, 5) is 12.4. The molecule has 1 heterocycles.